The molecular formula is C18H19F3N4O2S. The number of para-hydroxylation sites is 1. The summed E-state index contributed by atoms with van der Waals surface area (Å²) in [5, 5.41) is 2.65. The summed E-state index contributed by atoms with van der Waals surface area (Å²) in [5.41, 5.74) is 0.260. The van der Waals surface area contributed by atoms with Crippen molar-refractivity contribution in [3.63, 3.8) is 0 Å². The number of thioether (sulfide) groups is 1. The maximum atomic E-state index is 13.0. The topological polar surface area (TPSA) is 75.2 Å². The number of aromatic nitrogens is 2. The van der Waals surface area contributed by atoms with E-state index in [1.807, 2.05) is 13.8 Å². The number of hydrogen-bond donors (Lipinski definition) is 1. The Hall–Kier alpha value is -2.62. The predicted molar refractivity (Wildman–Crippen MR) is 99.9 cm³/mol. The molecule has 0 aliphatic heterocycles. The number of nitrogens with zero attached hydrogens (tertiary/aromatic N) is 3. The van der Waals surface area contributed by atoms with Crippen molar-refractivity contribution >= 4 is 29.3 Å². The molecule has 0 saturated heterocycles. The van der Waals surface area contributed by atoms with Crippen LogP contribution in [0, 0.1) is 13.8 Å². The first-order chi connectivity index (χ1) is 13.1. The summed E-state index contributed by atoms with van der Waals surface area (Å²) in [6.45, 7) is 3.25. The first kappa shape index (κ1) is 21.7. The summed E-state index contributed by atoms with van der Waals surface area (Å²) in [7, 11) is 1.40. The van der Waals surface area contributed by atoms with Crippen molar-refractivity contribution in [2.45, 2.75) is 25.2 Å². The van der Waals surface area contributed by atoms with Gasteiger partial charge in [-0.15, -0.1) is 0 Å². The van der Waals surface area contributed by atoms with E-state index in [2.05, 4.69) is 15.3 Å². The number of carbonyl (C=O) groups is 2. The van der Waals surface area contributed by atoms with Crippen LogP contribution < -0.4 is 5.32 Å². The van der Waals surface area contributed by atoms with Crippen LogP contribution in [-0.2, 0) is 15.8 Å². The second kappa shape index (κ2) is 9.05. The Balaban J connectivity index is 1.92. The van der Waals surface area contributed by atoms with E-state index >= 15 is 0 Å². The highest BCUT2D eigenvalue weighted by Gasteiger charge is 2.33. The molecule has 10 heteroatoms. The number of hydrogen-bond acceptors (Lipinski definition) is 5. The van der Waals surface area contributed by atoms with Gasteiger partial charge in [0.15, 0.2) is 5.16 Å². The molecule has 1 aromatic heterocycles. The van der Waals surface area contributed by atoms with Gasteiger partial charge < -0.3 is 10.2 Å². The molecule has 0 bridgehead atoms. The third-order valence-electron chi connectivity index (χ3n) is 3.60. The van der Waals surface area contributed by atoms with E-state index in [0.717, 1.165) is 40.2 Å². The van der Waals surface area contributed by atoms with E-state index in [4.69, 9.17) is 0 Å². The zero-order valence-electron chi connectivity index (χ0n) is 15.5. The Kier molecular flexibility index (Phi) is 7.00. The average molecular weight is 412 g/mol. The van der Waals surface area contributed by atoms with Crippen LogP contribution in [0.1, 0.15) is 17.0 Å². The van der Waals surface area contributed by atoms with Gasteiger partial charge in [-0.2, -0.15) is 13.2 Å². The number of nitrogens with one attached hydrogen (secondary N) is 1. The lowest BCUT2D eigenvalue weighted by molar-refractivity contribution is -0.137. The molecule has 2 amide bonds. The zero-order chi connectivity index (χ0) is 20.9. The third kappa shape index (κ3) is 6.22. The highest BCUT2D eigenvalue weighted by atomic mass is 32.2. The Morgan fingerprint density at radius 2 is 1.75 bits per heavy atom. The van der Waals surface area contributed by atoms with Gasteiger partial charge in [0, 0.05) is 18.4 Å². The van der Waals surface area contributed by atoms with Crippen molar-refractivity contribution in [2.75, 3.05) is 24.7 Å². The second-order valence-corrected chi connectivity index (χ2v) is 7.01. The summed E-state index contributed by atoms with van der Waals surface area (Å²) in [6.07, 6.45) is -4.59. The monoisotopic (exact) mass is 412 g/mol. The number of carbonyl (C=O) groups excluding carboxylic acids is 2. The van der Waals surface area contributed by atoms with Gasteiger partial charge in [0.25, 0.3) is 0 Å². The molecule has 0 radical (unpaired) electrons. The largest absolute Gasteiger partial charge is 0.418 e. The van der Waals surface area contributed by atoms with E-state index in [9.17, 15) is 22.8 Å². The van der Waals surface area contributed by atoms with Crippen molar-refractivity contribution in [3.05, 3.63) is 47.3 Å². The van der Waals surface area contributed by atoms with Gasteiger partial charge >= 0.3 is 6.18 Å². The molecule has 6 nitrogen and oxygen atoms in total. The molecule has 2 aromatic rings. The van der Waals surface area contributed by atoms with Crippen LogP contribution in [0.5, 0.6) is 0 Å². The van der Waals surface area contributed by atoms with E-state index < -0.39 is 17.6 Å². The van der Waals surface area contributed by atoms with Gasteiger partial charge in [0.05, 0.1) is 23.5 Å². The molecule has 1 aromatic carbocycles. The Labute approximate surface area is 164 Å². The number of anilines is 1. The molecule has 0 fully saturated rings. The molecule has 0 saturated carbocycles. The van der Waals surface area contributed by atoms with E-state index in [1.165, 1.54) is 19.2 Å². The van der Waals surface area contributed by atoms with E-state index in [1.54, 1.807) is 6.07 Å². The fourth-order valence-electron chi connectivity index (χ4n) is 2.33. The normalized spacial score (nSPS) is 11.2. The maximum absolute atomic E-state index is 13.0. The van der Waals surface area contributed by atoms with Gasteiger partial charge in [-0.05, 0) is 32.0 Å². The molecule has 0 aliphatic rings. The standard InChI is InChI=1S/C18H19F3N4O2S/c1-11-8-12(2)23-17(22-11)28-10-16(27)25(3)9-15(26)24-14-7-5-4-6-13(14)18(19,20)21/h4-8H,9-10H2,1-3H3,(H,24,26). The zero-order valence-corrected chi connectivity index (χ0v) is 16.3. The minimum atomic E-state index is -4.59. The first-order valence-electron chi connectivity index (χ1n) is 8.21. The first-order valence-corrected chi connectivity index (χ1v) is 9.20. The van der Waals surface area contributed by atoms with Gasteiger partial charge in [0.2, 0.25) is 11.8 Å². The number of likely N-dealkylation sites (N-methyl/N-ethyl adjacent to an activating group) is 1. The van der Waals surface area contributed by atoms with Gasteiger partial charge in [-0.1, -0.05) is 23.9 Å². The van der Waals surface area contributed by atoms with Gasteiger partial charge in [-0.25, -0.2) is 9.97 Å². The summed E-state index contributed by atoms with van der Waals surface area (Å²) in [6, 6.07) is 6.47. The number of amides is 2. The molecule has 1 heterocycles. The fourth-order valence-corrected chi connectivity index (χ4v) is 3.22. The number of rotatable bonds is 6. The van der Waals surface area contributed by atoms with Crippen LogP contribution in [0.25, 0.3) is 0 Å². The molecule has 0 aliphatic carbocycles. The van der Waals surface area contributed by atoms with Crippen molar-refractivity contribution in [1.29, 1.82) is 0 Å². The molecule has 150 valence electrons. The summed E-state index contributed by atoms with van der Waals surface area (Å²) < 4.78 is 38.9. The maximum Gasteiger partial charge on any atom is 0.418 e. The SMILES string of the molecule is Cc1cc(C)nc(SCC(=O)N(C)CC(=O)Nc2ccccc2C(F)(F)F)n1. The third-order valence-corrected chi connectivity index (χ3v) is 4.43. The second-order valence-electron chi connectivity index (χ2n) is 6.06. The Morgan fingerprint density at radius 1 is 1.14 bits per heavy atom. The number of halogens is 3. The summed E-state index contributed by atoms with van der Waals surface area (Å²) in [4.78, 5) is 33.8. The fraction of sp³-hybridized carbons (Fsp3) is 0.333. The van der Waals surface area contributed by atoms with Crippen LogP contribution in [-0.4, -0.2) is 46.0 Å². The molecule has 1 N–H and O–H groups in total. The molecular weight excluding hydrogens is 393 g/mol. The highest BCUT2D eigenvalue weighted by Crippen LogP contribution is 2.34. The smallest absolute Gasteiger partial charge is 0.336 e. The number of alkyl halides is 3. The summed E-state index contributed by atoms with van der Waals surface area (Å²) in [5.74, 6) is -1.08. The van der Waals surface area contributed by atoms with Crippen molar-refractivity contribution in [1.82, 2.24) is 14.9 Å². The summed E-state index contributed by atoms with van der Waals surface area (Å²) >= 11 is 1.13. The van der Waals surface area contributed by atoms with Crippen molar-refractivity contribution in [3.8, 4) is 0 Å². The molecule has 28 heavy (non-hydrogen) atoms. The Morgan fingerprint density at radius 3 is 2.36 bits per heavy atom. The minimum Gasteiger partial charge on any atom is -0.336 e. The lowest BCUT2D eigenvalue weighted by atomic mass is 10.1. The van der Waals surface area contributed by atoms with Gasteiger partial charge in [-0.3, -0.25) is 9.59 Å². The molecule has 0 unspecified atom stereocenters. The Bertz CT molecular complexity index is 854. The van der Waals surface area contributed by atoms with Crippen LogP contribution in [0.2, 0.25) is 0 Å². The van der Waals surface area contributed by atoms with Crippen LogP contribution in [0.15, 0.2) is 35.5 Å². The van der Waals surface area contributed by atoms with E-state index in [-0.39, 0.29) is 23.9 Å². The number of aryl methyl sites for hydroxylation is 2. The van der Waals surface area contributed by atoms with Crippen LogP contribution in [0.4, 0.5) is 18.9 Å². The quantitative estimate of drug-likeness (QED) is 0.582. The minimum absolute atomic E-state index is 0.00577. The van der Waals surface area contributed by atoms with Crippen LogP contribution >= 0.6 is 11.8 Å². The van der Waals surface area contributed by atoms with Crippen molar-refractivity contribution < 1.29 is 22.8 Å². The van der Waals surface area contributed by atoms with Crippen LogP contribution in [0.3, 0.4) is 0 Å². The molecule has 2 rings (SSSR count). The molecule has 0 atom stereocenters. The lowest BCUT2D eigenvalue weighted by Crippen LogP contribution is -2.36. The molecule has 0 spiro atoms. The lowest BCUT2D eigenvalue weighted by Gasteiger charge is -2.18. The average Bonchev–Trinajstić information content (AvgIpc) is 2.58. The van der Waals surface area contributed by atoms with Gasteiger partial charge in [0.1, 0.15) is 0 Å². The van der Waals surface area contributed by atoms with E-state index in [0.29, 0.717) is 5.16 Å². The predicted octanol–water partition coefficient (Wildman–Crippen LogP) is 3.30. The highest BCUT2D eigenvalue weighted by molar-refractivity contribution is 7.99. The number of benzene rings is 1. The van der Waals surface area contributed by atoms with Crippen molar-refractivity contribution in [2.24, 2.45) is 0 Å².